The molecule has 1 aromatic heterocycles. The molecule has 0 amide bonds. The summed E-state index contributed by atoms with van der Waals surface area (Å²) in [6, 6.07) is 2.63. The third-order valence-corrected chi connectivity index (χ3v) is 3.34. The van der Waals surface area contributed by atoms with Crippen LogP contribution in [0, 0.1) is 13.8 Å². The van der Waals surface area contributed by atoms with E-state index in [1.165, 1.54) is 11.1 Å². The predicted molar refractivity (Wildman–Crippen MR) is 85.4 cm³/mol. The van der Waals surface area contributed by atoms with Gasteiger partial charge in [-0.05, 0) is 31.9 Å². The van der Waals surface area contributed by atoms with Gasteiger partial charge in [-0.3, -0.25) is 0 Å². The minimum atomic E-state index is 0.474. The number of aromatic nitrogens is 1. The van der Waals surface area contributed by atoms with Crippen LogP contribution in [0.4, 0.5) is 5.82 Å². The number of methoxy groups -OCH3 is 1. The van der Waals surface area contributed by atoms with Crippen LogP contribution in [0.25, 0.3) is 0 Å². The first-order valence-electron chi connectivity index (χ1n) is 7.36. The van der Waals surface area contributed by atoms with E-state index in [1.54, 1.807) is 7.11 Å². The number of anilines is 1. The standard InChI is InChI=1S/C16H29N3O/c1-12(2)17-11-15-13(3)10-14(4)18-16(15)19(5)8-7-9-20-6/h10,12,17H,7-9,11H2,1-6H3. The van der Waals surface area contributed by atoms with Crippen molar-refractivity contribution in [2.75, 3.05) is 32.2 Å². The molecule has 0 bridgehead atoms. The Morgan fingerprint density at radius 1 is 1.35 bits per heavy atom. The van der Waals surface area contributed by atoms with Crippen molar-refractivity contribution in [3.8, 4) is 0 Å². The lowest BCUT2D eigenvalue weighted by Gasteiger charge is -2.24. The van der Waals surface area contributed by atoms with Crippen LogP contribution in [-0.4, -0.2) is 38.3 Å². The van der Waals surface area contributed by atoms with Crippen LogP contribution >= 0.6 is 0 Å². The van der Waals surface area contributed by atoms with Crippen molar-refractivity contribution in [3.05, 3.63) is 22.9 Å². The number of hydrogen-bond acceptors (Lipinski definition) is 4. The summed E-state index contributed by atoms with van der Waals surface area (Å²) in [5.41, 5.74) is 3.67. The lowest BCUT2D eigenvalue weighted by molar-refractivity contribution is 0.196. The molecule has 1 heterocycles. The molecule has 0 saturated heterocycles. The van der Waals surface area contributed by atoms with E-state index >= 15 is 0 Å². The van der Waals surface area contributed by atoms with Crippen molar-refractivity contribution in [1.29, 1.82) is 0 Å². The molecular formula is C16H29N3O. The maximum absolute atomic E-state index is 5.13. The second-order valence-electron chi connectivity index (χ2n) is 5.69. The van der Waals surface area contributed by atoms with Crippen LogP contribution in [0.5, 0.6) is 0 Å². The van der Waals surface area contributed by atoms with Crippen molar-refractivity contribution in [2.45, 2.75) is 46.7 Å². The maximum atomic E-state index is 5.13. The molecule has 0 spiro atoms. The van der Waals surface area contributed by atoms with Gasteiger partial charge >= 0.3 is 0 Å². The van der Waals surface area contributed by atoms with Gasteiger partial charge in [-0.15, -0.1) is 0 Å². The van der Waals surface area contributed by atoms with Crippen molar-refractivity contribution >= 4 is 5.82 Å². The summed E-state index contributed by atoms with van der Waals surface area (Å²) in [7, 11) is 3.85. The van der Waals surface area contributed by atoms with Crippen molar-refractivity contribution in [1.82, 2.24) is 10.3 Å². The zero-order valence-electron chi connectivity index (χ0n) is 13.8. The van der Waals surface area contributed by atoms with E-state index in [0.29, 0.717) is 6.04 Å². The summed E-state index contributed by atoms with van der Waals surface area (Å²) in [5, 5.41) is 3.49. The highest BCUT2D eigenvalue weighted by Gasteiger charge is 2.13. The Kier molecular flexibility index (Phi) is 6.96. The first kappa shape index (κ1) is 16.9. The average Bonchev–Trinajstić information content (AvgIpc) is 2.36. The van der Waals surface area contributed by atoms with E-state index in [-0.39, 0.29) is 0 Å². The van der Waals surface area contributed by atoms with Gasteiger partial charge in [-0.25, -0.2) is 4.98 Å². The minimum Gasteiger partial charge on any atom is -0.385 e. The third-order valence-electron chi connectivity index (χ3n) is 3.34. The van der Waals surface area contributed by atoms with Crippen LogP contribution < -0.4 is 10.2 Å². The fourth-order valence-electron chi connectivity index (χ4n) is 2.24. The van der Waals surface area contributed by atoms with Gasteiger partial charge in [0.05, 0.1) is 0 Å². The number of ether oxygens (including phenoxy) is 1. The highest BCUT2D eigenvalue weighted by Crippen LogP contribution is 2.22. The summed E-state index contributed by atoms with van der Waals surface area (Å²) in [6.45, 7) is 11.2. The normalized spacial score (nSPS) is 11.2. The quantitative estimate of drug-likeness (QED) is 0.742. The summed E-state index contributed by atoms with van der Waals surface area (Å²) in [5.74, 6) is 1.09. The molecule has 0 aliphatic rings. The van der Waals surface area contributed by atoms with Crippen LogP contribution in [0.15, 0.2) is 6.07 Å². The number of nitrogens with zero attached hydrogens (tertiary/aromatic N) is 2. The fraction of sp³-hybridized carbons (Fsp3) is 0.688. The monoisotopic (exact) mass is 279 g/mol. The molecule has 20 heavy (non-hydrogen) atoms. The molecule has 0 atom stereocenters. The molecule has 4 heteroatoms. The van der Waals surface area contributed by atoms with E-state index in [1.807, 2.05) is 0 Å². The zero-order valence-corrected chi connectivity index (χ0v) is 13.8. The number of aryl methyl sites for hydroxylation is 2. The topological polar surface area (TPSA) is 37.4 Å². The van der Waals surface area contributed by atoms with Gasteiger partial charge in [0.2, 0.25) is 0 Å². The molecule has 0 radical (unpaired) electrons. The van der Waals surface area contributed by atoms with Crippen LogP contribution in [-0.2, 0) is 11.3 Å². The van der Waals surface area contributed by atoms with E-state index in [0.717, 1.165) is 37.6 Å². The second-order valence-corrected chi connectivity index (χ2v) is 5.69. The molecule has 4 nitrogen and oxygen atoms in total. The molecule has 0 aliphatic carbocycles. The average molecular weight is 279 g/mol. The highest BCUT2D eigenvalue weighted by molar-refractivity contribution is 5.51. The SMILES string of the molecule is COCCCN(C)c1nc(C)cc(C)c1CNC(C)C. The molecule has 0 unspecified atom stereocenters. The lowest BCUT2D eigenvalue weighted by atomic mass is 10.1. The molecule has 114 valence electrons. The Balaban J connectivity index is 2.90. The first-order chi connectivity index (χ1) is 9.45. The Morgan fingerprint density at radius 2 is 2.05 bits per heavy atom. The molecule has 0 aliphatic heterocycles. The molecule has 0 aromatic carbocycles. The number of hydrogen-bond donors (Lipinski definition) is 1. The summed E-state index contributed by atoms with van der Waals surface area (Å²) in [4.78, 5) is 6.97. The molecule has 0 fully saturated rings. The van der Waals surface area contributed by atoms with Crippen LogP contribution in [0.1, 0.15) is 37.1 Å². The van der Waals surface area contributed by atoms with Crippen molar-refractivity contribution < 1.29 is 4.74 Å². The van der Waals surface area contributed by atoms with Crippen molar-refractivity contribution in [2.24, 2.45) is 0 Å². The van der Waals surface area contributed by atoms with Gasteiger partial charge in [0.25, 0.3) is 0 Å². The Bertz CT molecular complexity index is 418. The van der Waals surface area contributed by atoms with Crippen LogP contribution in [0.3, 0.4) is 0 Å². The molecule has 0 saturated carbocycles. The van der Waals surface area contributed by atoms with Gasteiger partial charge in [0, 0.05) is 51.2 Å². The van der Waals surface area contributed by atoms with Crippen molar-refractivity contribution in [3.63, 3.8) is 0 Å². The smallest absolute Gasteiger partial charge is 0.133 e. The highest BCUT2D eigenvalue weighted by atomic mass is 16.5. The summed E-state index contributed by atoms with van der Waals surface area (Å²) in [6.07, 6.45) is 1.01. The Labute approximate surface area is 123 Å². The largest absolute Gasteiger partial charge is 0.385 e. The van der Waals surface area contributed by atoms with Gasteiger partial charge in [0.1, 0.15) is 5.82 Å². The molecular weight excluding hydrogens is 250 g/mol. The minimum absolute atomic E-state index is 0.474. The number of rotatable bonds is 8. The van der Waals surface area contributed by atoms with E-state index in [9.17, 15) is 0 Å². The zero-order chi connectivity index (χ0) is 15.1. The first-order valence-corrected chi connectivity index (χ1v) is 7.36. The predicted octanol–water partition coefficient (Wildman–Crippen LogP) is 2.67. The van der Waals surface area contributed by atoms with Crippen LogP contribution in [0.2, 0.25) is 0 Å². The van der Waals surface area contributed by atoms with Gasteiger partial charge in [0.15, 0.2) is 0 Å². The fourth-order valence-corrected chi connectivity index (χ4v) is 2.24. The number of pyridine rings is 1. The lowest BCUT2D eigenvalue weighted by Crippen LogP contribution is -2.27. The van der Waals surface area contributed by atoms with Gasteiger partial charge in [-0.1, -0.05) is 13.8 Å². The summed E-state index contributed by atoms with van der Waals surface area (Å²) < 4.78 is 5.13. The van der Waals surface area contributed by atoms with E-state index in [2.05, 4.69) is 51.0 Å². The van der Waals surface area contributed by atoms with Gasteiger partial charge < -0.3 is 15.0 Å². The second kappa shape index (κ2) is 8.22. The van der Waals surface area contributed by atoms with Gasteiger partial charge in [-0.2, -0.15) is 0 Å². The molecule has 1 aromatic rings. The molecule has 1 rings (SSSR count). The summed E-state index contributed by atoms with van der Waals surface area (Å²) >= 11 is 0. The maximum Gasteiger partial charge on any atom is 0.133 e. The van der Waals surface area contributed by atoms with E-state index in [4.69, 9.17) is 9.72 Å². The van der Waals surface area contributed by atoms with E-state index < -0.39 is 0 Å². The number of nitrogens with one attached hydrogen (secondary N) is 1. The molecule has 1 N–H and O–H groups in total. The Hall–Kier alpha value is -1.13. The Morgan fingerprint density at radius 3 is 2.65 bits per heavy atom. The third kappa shape index (κ3) is 5.10.